The van der Waals surface area contributed by atoms with E-state index in [4.69, 9.17) is 5.11 Å². The van der Waals surface area contributed by atoms with Crippen LogP contribution in [0.15, 0.2) is 0 Å². The smallest absolute Gasteiger partial charge is 0.549 e. The summed E-state index contributed by atoms with van der Waals surface area (Å²) < 4.78 is 0. The predicted molar refractivity (Wildman–Crippen MR) is 52.3 cm³/mol. The third-order valence-corrected chi connectivity index (χ3v) is 1.79. The summed E-state index contributed by atoms with van der Waals surface area (Å²) in [6.45, 7) is 0.642. The molecule has 0 aliphatic carbocycles. The van der Waals surface area contributed by atoms with E-state index in [1.54, 1.807) is 0 Å². The Morgan fingerprint density at radius 1 is 1.19 bits per heavy atom. The van der Waals surface area contributed by atoms with Crippen molar-refractivity contribution in [3.05, 3.63) is 0 Å². The van der Waals surface area contributed by atoms with Gasteiger partial charge in [0.05, 0.1) is 12.5 Å². The fraction of sp³-hybridized carbons (Fsp3) is 0.778. The van der Waals surface area contributed by atoms with Gasteiger partial charge in [-0.25, -0.2) is 0 Å². The Bertz CT molecular complexity index is 208. The largest absolute Gasteiger partial charge is 1.00 e. The van der Waals surface area contributed by atoms with Crippen molar-refractivity contribution in [3.8, 4) is 0 Å². The number of carbonyl (C=O) groups is 2. The van der Waals surface area contributed by atoms with E-state index in [2.05, 4.69) is 0 Å². The van der Waals surface area contributed by atoms with Gasteiger partial charge in [-0.15, -0.1) is 0 Å². The Morgan fingerprint density at radius 2 is 1.75 bits per heavy atom. The van der Waals surface area contributed by atoms with Gasteiger partial charge in [0.2, 0.25) is 0 Å². The monoisotopic (exact) mass is 240 g/mol. The van der Waals surface area contributed by atoms with Crippen molar-refractivity contribution in [3.63, 3.8) is 0 Å². The number of nitrogens with zero attached hydrogens (tertiary/aromatic N) is 2. The van der Waals surface area contributed by atoms with Crippen LogP contribution in [0.25, 0.3) is 0 Å². The SMILES string of the molecule is CN(C)CCCN(CC(=O)[O-])CC(=O)O.[Na+]. The van der Waals surface area contributed by atoms with Crippen molar-refractivity contribution in [2.45, 2.75) is 6.42 Å². The molecule has 7 heteroatoms. The van der Waals surface area contributed by atoms with E-state index in [1.165, 1.54) is 4.90 Å². The second-order valence-electron chi connectivity index (χ2n) is 3.63. The Hall–Kier alpha value is -0.140. The van der Waals surface area contributed by atoms with Crippen LogP contribution in [0, 0.1) is 0 Å². The molecule has 0 saturated heterocycles. The molecule has 0 spiro atoms. The Labute approximate surface area is 118 Å². The third-order valence-electron chi connectivity index (χ3n) is 1.79. The number of aliphatic carboxylic acids is 2. The summed E-state index contributed by atoms with van der Waals surface area (Å²) >= 11 is 0. The first kappa shape index (κ1) is 18.2. The van der Waals surface area contributed by atoms with Gasteiger partial charge in [0, 0.05) is 13.1 Å². The molecule has 0 unspecified atom stereocenters. The van der Waals surface area contributed by atoms with Crippen LogP contribution in [0.1, 0.15) is 6.42 Å². The van der Waals surface area contributed by atoms with Gasteiger partial charge in [0.25, 0.3) is 0 Å². The molecule has 0 radical (unpaired) electrons. The van der Waals surface area contributed by atoms with Gasteiger partial charge in [-0.2, -0.15) is 0 Å². The number of carbonyl (C=O) groups excluding carboxylic acids is 1. The van der Waals surface area contributed by atoms with Gasteiger partial charge in [0.15, 0.2) is 0 Å². The molecule has 6 nitrogen and oxygen atoms in total. The Morgan fingerprint density at radius 3 is 2.12 bits per heavy atom. The van der Waals surface area contributed by atoms with E-state index in [0.29, 0.717) is 6.54 Å². The van der Waals surface area contributed by atoms with Crippen molar-refractivity contribution < 1.29 is 49.4 Å². The first-order valence-corrected chi connectivity index (χ1v) is 4.70. The average Bonchev–Trinajstić information content (AvgIpc) is 2.00. The van der Waals surface area contributed by atoms with Crippen LogP contribution < -0.4 is 34.7 Å². The standard InChI is InChI=1S/C9H18N2O4.Na/c1-10(2)4-3-5-11(6-8(12)13)7-9(14)15;/h3-7H2,1-2H3,(H,12,13)(H,14,15);/q;+1/p-1. The fourth-order valence-corrected chi connectivity index (χ4v) is 1.20. The summed E-state index contributed by atoms with van der Waals surface area (Å²) in [5.74, 6) is -2.28. The summed E-state index contributed by atoms with van der Waals surface area (Å²) in [4.78, 5) is 24.1. The van der Waals surface area contributed by atoms with E-state index in [9.17, 15) is 14.7 Å². The summed E-state index contributed by atoms with van der Waals surface area (Å²) in [7, 11) is 3.81. The number of hydrogen-bond donors (Lipinski definition) is 1. The molecule has 0 aromatic rings. The van der Waals surface area contributed by atoms with Crippen molar-refractivity contribution in [2.24, 2.45) is 0 Å². The van der Waals surface area contributed by atoms with E-state index < -0.39 is 11.9 Å². The van der Waals surface area contributed by atoms with Crippen molar-refractivity contribution in [1.29, 1.82) is 0 Å². The molecular weight excluding hydrogens is 223 g/mol. The molecule has 0 aliphatic rings. The van der Waals surface area contributed by atoms with Gasteiger partial charge in [0.1, 0.15) is 0 Å². The third kappa shape index (κ3) is 11.9. The molecule has 0 heterocycles. The first-order valence-electron chi connectivity index (χ1n) is 4.70. The molecule has 0 atom stereocenters. The molecule has 0 aromatic carbocycles. The maximum atomic E-state index is 10.4. The van der Waals surface area contributed by atoms with Crippen LogP contribution in [0.3, 0.4) is 0 Å². The van der Waals surface area contributed by atoms with Gasteiger partial charge < -0.3 is 19.9 Å². The van der Waals surface area contributed by atoms with Gasteiger partial charge >= 0.3 is 35.5 Å². The molecule has 0 saturated carbocycles. The van der Waals surface area contributed by atoms with Crippen molar-refractivity contribution >= 4 is 11.9 Å². The summed E-state index contributed by atoms with van der Waals surface area (Å²) in [6.07, 6.45) is 0.730. The molecule has 88 valence electrons. The van der Waals surface area contributed by atoms with Gasteiger partial charge in [-0.1, -0.05) is 0 Å². The molecule has 0 bridgehead atoms. The maximum Gasteiger partial charge on any atom is 1.00 e. The Balaban J connectivity index is 0. The number of hydrogen-bond acceptors (Lipinski definition) is 5. The van der Waals surface area contributed by atoms with Crippen LogP contribution in [-0.4, -0.2) is 67.1 Å². The average molecular weight is 240 g/mol. The van der Waals surface area contributed by atoms with Crippen LogP contribution >= 0.6 is 0 Å². The molecule has 1 N–H and O–H groups in total. The van der Waals surface area contributed by atoms with Crippen molar-refractivity contribution in [2.75, 3.05) is 40.3 Å². The molecule has 0 fully saturated rings. The van der Waals surface area contributed by atoms with Gasteiger partial charge in [-0.05, 0) is 27.1 Å². The fourth-order valence-electron chi connectivity index (χ4n) is 1.20. The zero-order chi connectivity index (χ0) is 11.8. The normalized spacial score (nSPS) is 10.2. The summed E-state index contributed by atoms with van der Waals surface area (Å²) in [5.41, 5.74) is 0. The van der Waals surface area contributed by atoms with Crippen LogP contribution in [-0.2, 0) is 9.59 Å². The predicted octanol–water partition coefficient (Wildman–Crippen LogP) is -4.92. The maximum absolute atomic E-state index is 10.4. The number of carboxylic acid groups (broad SMARTS) is 2. The van der Waals surface area contributed by atoms with E-state index in [0.717, 1.165) is 13.0 Å². The molecule has 0 rings (SSSR count). The molecule has 0 aromatic heterocycles. The number of rotatable bonds is 8. The van der Waals surface area contributed by atoms with E-state index >= 15 is 0 Å². The minimum Gasteiger partial charge on any atom is -0.549 e. The zero-order valence-corrected chi connectivity index (χ0v) is 12.1. The first-order chi connectivity index (χ1) is 6.91. The van der Waals surface area contributed by atoms with Crippen LogP contribution in [0.5, 0.6) is 0 Å². The van der Waals surface area contributed by atoms with Gasteiger partial charge in [-0.3, -0.25) is 9.69 Å². The van der Waals surface area contributed by atoms with Crippen LogP contribution in [0.2, 0.25) is 0 Å². The molecular formula is C9H17N2NaO4. The second kappa shape index (κ2) is 10.0. The minimum atomic E-state index is -1.25. The topological polar surface area (TPSA) is 83.9 Å². The van der Waals surface area contributed by atoms with Crippen molar-refractivity contribution in [1.82, 2.24) is 9.80 Å². The summed E-state index contributed by atoms with van der Waals surface area (Å²) in [5, 5.41) is 18.9. The molecule has 16 heavy (non-hydrogen) atoms. The van der Waals surface area contributed by atoms with Crippen LogP contribution in [0.4, 0.5) is 0 Å². The quantitative estimate of drug-likeness (QED) is 0.428. The second-order valence-corrected chi connectivity index (χ2v) is 3.63. The molecule has 0 aliphatic heterocycles. The number of carboxylic acids is 2. The zero-order valence-electron chi connectivity index (χ0n) is 10.1. The summed E-state index contributed by atoms with van der Waals surface area (Å²) in [6, 6.07) is 0. The van der Waals surface area contributed by atoms with E-state index in [-0.39, 0.29) is 42.6 Å². The minimum absolute atomic E-state index is 0. The van der Waals surface area contributed by atoms with E-state index in [1.807, 2.05) is 19.0 Å². The molecule has 0 amide bonds. The Kier molecular flexibility index (Phi) is 11.4.